The van der Waals surface area contributed by atoms with Crippen LogP contribution < -0.4 is 0 Å². The molecule has 1 atom stereocenters. The van der Waals surface area contributed by atoms with E-state index in [9.17, 15) is 9.59 Å². The second kappa shape index (κ2) is 7.98. The van der Waals surface area contributed by atoms with E-state index in [1.54, 1.807) is 12.3 Å². The van der Waals surface area contributed by atoms with Gasteiger partial charge in [-0.2, -0.15) is 0 Å². The molecule has 0 bridgehead atoms. The number of hydrogen-bond acceptors (Lipinski definition) is 6. The van der Waals surface area contributed by atoms with Crippen LogP contribution in [-0.2, 0) is 20.7 Å². The van der Waals surface area contributed by atoms with Crippen LogP contribution in [0.3, 0.4) is 0 Å². The molecule has 0 aliphatic carbocycles. The van der Waals surface area contributed by atoms with E-state index in [0.717, 1.165) is 64.5 Å². The molecule has 8 nitrogen and oxygen atoms in total. The van der Waals surface area contributed by atoms with Crippen molar-refractivity contribution >= 4 is 11.8 Å². The van der Waals surface area contributed by atoms with Gasteiger partial charge in [0.15, 0.2) is 0 Å². The van der Waals surface area contributed by atoms with Gasteiger partial charge < -0.3 is 19.1 Å². The van der Waals surface area contributed by atoms with E-state index in [2.05, 4.69) is 10.1 Å². The highest BCUT2D eigenvalue weighted by atomic mass is 16.5. The van der Waals surface area contributed by atoms with Gasteiger partial charge in [0.1, 0.15) is 5.76 Å². The molecule has 3 aliphatic heterocycles. The monoisotopic (exact) mass is 376 g/mol. The van der Waals surface area contributed by atoms with Crippen LogP contribution in [-0.4, -0.2) is 90.7 Å². The van der Waals surface area contributed by atoms with Gasteiger partial charge in [-0.05, 0) is 12.8 Å². The zero-order valence-electron chi connectivity index (χ0n) is 15.8. The third-order valence-electron chi connectivity index (χ3n) is 6.17. The predicted molar refractivity (Wildman–Crippen MR) is 96.9 cm³/mol. The lowest BCUT2D eigenvalue weighted by molar-refractivity contribution is -0.136. The topological polar surface area (TPSA) is 79.1 Å². The zero-order chi connectivity index (χ0) is 18.7. The first-order valence-corrected chi connectivity index (χ1v) is 9.93. The van der Waals surface area contributed by atoms with Gasteiger partial charge in [-0.1, -0.05) is 5.16 Å². The molecule has 8 heteroatoms. The largest absolute Gasteiger partial charge is 0.379 e. The van der Waals surface area contributed by atoms with Crippen molar-refractivity contribution in [2.24, 2.45) is 5.41 Å². The number of carbonyl (C=O) groups is 2. The van der Waals surface area contributed by atoms with Gasteiger partial charge >= 0.3 is 0 Å². The molecular weight excluding hydrogens is 348 g/mol. The molecule has 27 heavy (non-hydrogen) atoms. The van der Waals surface area contributed by atoms with Gasteiger partial charge in [-0.3, -0.25) is 14.5 Å². The highest BCUT2D eigenvalue weighted by molar-refractivity contribution is 5.87. The number of ether oxygens (including phenoxy) is 1. The summed E-state index contributed by atoms with van der Waals surface area (Å²) in [5.41, 5.74) is -0.354. The van der Waals surface area contributed by atoms with E-state index in [-0.39, 0.29) is 17.2 Å². The number of morpholine rings is 1. The molecule has 1 aromatic heterocycles. The summed E-state index contributed by atoms with van der Waals surface area (Å²) < 4.78 is 10.4. The maximum Gasteiger partial charge on any atom is 0.230 e. The molecule has 4 heterocycles. The Labute approximate surface area is 159 Å². The molecule has 2 amide bonds. The fourth-order valence-electron chi connectivity index (χ4n) is 4.42. The maximum absolute atomic E-state index is 13.0. The van der Waals surface area contributed by atoms with E-state index >= 15 is 0 Å². The summed E-state index contributed by atoms with van der Waals surface area (Å²) in [6.07, 6.45) is 4.20. The van der Waals surface area contributed by atoms with Gasteiger partial charge in [0.2, 0.25) is 11.8 Å². The van der Waals surface area contributed by atoms with Gasteiger partial charge in [-0.15, -0.1) is 0 Å². The Morgan fingerprint density at radius 2 is 1.96 bits per heavy atom. The minimum atomic E-state index is -0.354. The van der Waals surface area contributed by atoms with Crippen molar-refractivity contribution in [3.05, 3.63) is 18.0 Å². The number of aryl methyl sites for hydroxylation is 1. The summed E-state index contributed by atoms with van der Waals surface area (Å²) in [5.74, 6) is 1.06. The Bertz CT molecular complexity index is 659. The van der Waals surface area contributed by atoms with Crippen molar-refractivity contribution in [3.63, 3.8) is 0 Å². The van der Waals surface area contributed by atoms with Crippen molar-refractivity contribution in [1.29, 1.82) is 0 Å². The standard InChI is InChI=1S/C19H28N4O4/c24-17(2-1-16-3-6-20-27-16)23-8-5-19(15-23)4-7-22(18(19)25)10-9-21-11-13-26-14-12-21/h3,6H,1-2,4-5,7-15H2. The molecule has 1 spiro atoms. The van der Waals surface area contributed by atoms with Crippen molar-refractivity contribution in [1.82, 2.24) is 19.9 Å². The van der Waals surface area contributed by atoms with E-state index in [1.807, 2.05) is 9.80 Å². The fourth-order valence-corrected chi connectivity index (χ4v) is 4.42. The SMILES string of the molecule is O=C(CCc1ccno1)N1CCC2(CCN(CCN3CCOCC3)C2=O)C1. The smallest absolute Gasteiger partial charge is 0.230 e. The zero-order valence-corrected chi connectivity index (χ0v) is 15.8. The van der Waals surface area contributed by atoms with Gasteiger partial charge in [-0.25, -0.2) is 0 Å². The highest BCUT2D eigenvalue weighted by Crippen LogP contribution is 2.40. The van der Waals surface area contributed by atoms with Crippen LogP contribution in [0.2, 0.25) is 0 Å². The second-order valence-corrected chi connectivity index (χ2v) is 7.82. The van der Waals surface area contributed by atoms with Crippen molar-refractivity contribution in [2.75, 3.05) is 59.0 Å². The number of likely N-dealkylation sites (tertiary alicyclic amines) is 2. The first-order valence-electron chi connectivity index (χ1n) is 9.93. The number of aromatic nitrogens is 1. The minimum Gasteiger partial charge on any atom is -0.379 e. The minimum absolute atomic E-state index is 0.0999. The molecule has 0 radical (unpaired) electrons. The third kappa shape index (κ3) is 4.01. The summed E-state index contributed by atoms with van der Waals surface area (Å²) >= 11 is 0. The van der Waals surface area contributed by atoms with Crippen molar-refractivity contribution in [2.45, 2.75) is 25.7 Å². The molecule has 3 aliphatic rings. The predicted octanol–water partition coefficient (Wildman–Crippen LogP) is 0.390. The Morgan fingerprint density at radius 1 is 1.15 bits per heavy atom. The average Bonchev–Trinajstić information content (AvgIpc) is 3.43. The molecule has 1 aromatic rings. The summed E-state index contributed by atoms with van der Waals surface area (Å²) in [6.45, 7) is 7.19. The lowest BCUT2D eigenvalue weighted by Crippen LogP contribution is -2.43. The van der Waals surface area contributed by atoms with Crippen LogP contribution in [0.15, 0.2) is 16.8 Å². The molecule has 0 saturated carbocycles. The van der Waals surface area contributed by atoms with Crippen LogP contribution in [0.5, 0.6) is 0 Å². The quantitative estimate of drug-likeness (QED) is 0.715. The van der Waals surface area contributed by atoms with Gasteiger partial charge in [0.25, 0.3) is 0 Å². The highest BCUT2D eigenvalue weighted by Gasteiger charge is 2.51. The summed E-state index contributed by atoms with van der Waals surface area (Å²) in [5, 5.41) is 3.66. The summed E-state index contributed by atoms with van der Waals surface area (Å²) in [6, 6.07) is 1.78. The Hall–Kier alpha value is -1.93. The van der Waals surface area contributed by atoms with E-state index in [0.29, 0.717) is 25.9 Å². The molecule has 0 N–H and O–H groups in total. The van der Waals surface area contributed by atoms with Gasteiger partial charge in [0, 0.05) is 64.7 Å². The molecule has 148 valence electrons. The number of rotatable bonds is 6. The molecule has 0 aromatic carbocycles. The molecule has 4 rings (SSSR count). The molecular formula is C19H28N4O4. The molecule has 3 saturated heterocycles. The number of nitrogens with zero attached hydrogens (tertiary/aromatic N) is 4. The Kier molecular flexibility index (Phi) is 5.45. The number of carbonyl (C=O) groups excluding carboxylic acids is 2. The van der Waals surface area contributed by atoms with Crippen molar-refractivity contribution < 1.29 is 18.8 Å². The van der Waals surface area contributed by atoms with Crippen molar-refractivity contribution in [3.8, 4) is 0 Å². The van der Waals surface area contributed by atoms with Gasteiger partial charge in [0.05, 0.1) is 24.8 Å². The van der Waals surface area contributed by atoms with E-state index in [1.165, 1.54) is 0 Å². The third-order valence-corrected chi connectivity index (χ3v) is 6.17. The normalized spacial score (nSPS) is 26.4. The van der Waals surface area contributed by atoms with Crippen LogP contribution in [0, 0.1) is 5.41 Å². The Morgan fingerprint density at radius 3 is 2.74 bits per heavy atom. The average molecular weight is 376 g/mol. The Balaban J connectivity index is 1.26. The summed E-state index contributed by atoms with van der Waals surface area (Å²) in [7, 11) is 0. The lowest BCUT2D eigenvalue weighted by Gasteiger charge is -2.29. The van der Waals surface area contributed by atoms with Crippen LogP contribution in [0.1, 0.15) is 25.0 Å². The van der Waals surface area contributed by atoms with Crippen LogP contribution in [0.4, 0.5) is 0 Å². The maximum atomic E-state index is 13.0. The second-order valence-electron chi connectivity index (χ2n) is 7.82. The number of amides is 2. The first kappa shape index (κ1) is 18.4. The van der Waals surface area contributed by atoms with E-state index in [4.69, 9.17) is 9.26 Å². The number of hydrogen-bond donors (Lipinski definition) is 0. The van der Waals surface area contributed by atoms with Crippen LogP contribution >= 0.6 is 0 Å². The van der Waals surface area contributed by atoms with E-state index < -0.39 is 0 Å². The lowest BCUT2D eigenvalue weighted by atomic mass is 9.85. The molecule has 1 unspecified atom stereocenters. The molecule has 3 fully saturated rings. The van der Waals surface area contributed by atoms with Crippen LogP contribution in [0.25, 0.3) is 0 Å². The first-order chi connectivity index (χ1) is 13.2. The summed E-state index contributed by atoms with van der Waals surface area (Å²) in [4.78, 5) is 31.8. The fraction of sp³-hybridized carbons (Fsp3) is 0.737.